The van der Waals surface area contributed by atoms with Gasteiger partial charge in [-0.2, -0.15) is 0 Å². The Hall–Kier alpha value is -4.20. The lowest BCUT2D eigenvalue weighted by Crippen LogP contribution is -2.39. The Kier molecular flexibility index (Phi) is 7.53. The van der Waals surface area contributed by atoms with E-state index in [1.807, 2.05) is 54.3 Å². The number of benzene rings is 3. The zero-order chi connectivity index (χ0) is 27.6. The molecule has 0 saturated carbocycles. The average Bonchev–Trinajstić information content (AvgIpc) is 2.90. The monoisotopic (exact) mass is 520 g/mol. The van der Waals surface area contributed by atoms with Crippen LogP contribution in [0, 0.1) is 11.6 Å². The first-order chi connectivity index (χ1) is 18.0. The van der Waals surface area contributed by atoms with Gasteiger partial charge in [0.05, 0.1) is 7.11 Å². The van der Waals surface area contributed by atoms with Crippen molar-refractivity contribution in [2.45, 2.75) is 39.2 Å². The van der Waals surface area contributed by atoms with Gasteiger partial charge in [-0.25, -0.2) is 8.78 Å². The van der Waals surface area contributed by atoms with Gasteiger partial charge >= 0.3 is 0 Å². The summed E-state index contributed by atoms with van der Waals surface area (Å²) in [6.07, 6.45) is 0. The first-order valence-electron chi connectivity index (χ1n) is 12.2. The second-order valence-corrected chi connectivity index (χ2v) is 10.1. The van der Waals surface area contributed by atoms with E-state index < -0.39 is 28.1 Å². The number of nitrogens with one attached hydrogen (secondary N) is 1. The SMILES string of the molecule is COc1ccc(N(CC(C)c2ccc(F)c(F)c2)c2cccc(Nc3c(OC(C)(C)C)c(=O)c3=O)c2)cc1. The summed E-state index contributed by atoms with van der Waals surface area (Å²) in [4.78, 5) is 26.4. The number of anilines is 4. The lowest BCUT2D eigenvalue weighted by atomic mass is 9.99. The van der Waals surface area contributed by atoms with Crippen molar-refractivity contribution in [1.29, 1.82) is 0 Å². The van der Waals surface area contributed by atoms with Crippen molar-refractivity contribution < 1.29 is 18.3 Å². The van der Waals surface area contributed by atoms with Crippen LogP contribution < -0.4 is 30.5 Å². The van der Waals surface area contributed by atoms with Gasteiger partial charge in [0.1, 0.15) is 17.0 Å². The van der Waals surface area contributed by atoms with Crippen molar-refractivity contribution in [3.8, 4) is 11.5 Å². The van der Waals surface area contributed by atoms with Crippen molar-refractivity contribution in [2.24, 2.45) is 0 Å². The van der Waals surface area contributed by atoms with Gasteiger partial charge in [0.2, 0.25) is 0 Å². The van der Waals surface area contributed by atoms with Gasteiger partial charge < -0.3 is 19.7 Å². The molecule has 4 rings (SSSR count). The fraction of sp³-hybridized carbons (Fsp3) is 0.267. The highest BCUT2D eigenvalue weighted by atomic mass is 19.2. The number of halogens is 2. The Morgan fingerprint density at radius 1 is 0.895 bits per heavy atom. The van der Waals surface area contributed by atoms with Crippen molar-refractivity contribution in [3.63, 3.8) is 0 Å². The predicted octanol–water partition coefficient (Wildman–Crippen LogP) is 6.43. The second kappa shape index (κ2) is 10.7. The molecule has 8 heteroatoms. The molecule has 0 amide bonds. The number of hydrogen-bond acceptors (Lipinski definition) is 6. The average molecular weight is 521 g/mol. The molecule has 0 spiro atoms. The number of rotatable bonds is 9. The molecule has 0 fully saturated rings. The molecular formula is C30H30F2N2O4. The van der Waals surface area contributed by atoms with Crippen molar-refractivity contribution >= 4 is 22.7 Å². The van der Waals surface area contributed by atoms with Crippen LogP contribution in [-0.2, 0) is 0 Å². The fourth-order valence-electron chi connectivity index (χ4n) is 4.10. The molecule has 1 N–H and O–H groups in total. The Bertz CT molecular complexity index is 1500. The quantitative estimate of drug-likeness (QED) is 0.257. The van der Waals surface area contributed by atoms with E-state index in [-0.39, 0.29) is 17.4 Å². The summed E-state index contributed by atoms with van der Waals surface area (Å²) in [7, 11) is 1.59. The highest BCUT2D eigenvalue weighted by Crippen LogP contribution is 2.34. The van der Waals surface area contributed by atoms with E-state index in [1.54, 1.807) is 40.0 Å². The molecule has 4 aromatic carbocycles. The van der Waals surface area contributed by atoms with Crippen molar-refractivity contribution in [3.05, 3.63) is 104 Å². The van der Waals surface area contributed by atoms with Gasteiger partial charge in [-0.1, -0.05) is 19.1 Å². The lowest BCUT2D eigenvalue weighted by molar-refractivity contribution is 0.128. The molecule has 0 radical (unpaired) electrons. The third kappa shape index (κ3) is 5.85. The lowest BCUT2D eigenvalue weighted by Gasteiger charge is -2.29. The molecule has 198 valence electrons. The van der Waals surface area contributed by atoms with Crippen LogP contribution in [-0.4, -0.2) is 19.3 Å². The van der Waals surface area contributed by atoms with E-state index in [9.17, 15) is 18.4 Å². The molecule has 4 aromatic rings. The highest BCUT2D eigenvalue weighted by Gasteiger charge is 2.27. The Balaban J connectivity index is 1.67. The van der Waals surface area contributed by atoms with Crippen LogP contribution in [0.5, 0.6) is 11.5 Å². The predicted molar refractivity (Wildman–Crippen MR) is 146 cm³/mol. The molecule has 38 heavy (non-hydrogen) atoms. The summed E-state index contributed by atoms with van der Waals surface area (Å²) in [6.45, 7) is 7.78. The number of ether oxygens (including phenoxy) is 2. The first kappa shape index (κ1) is 26.9. The van der Waals surface area contributed by atoms with E-state index in [1.165, 1.54) is 6.07 Å². The summed E-state index contributed by atoms with van der Waals surface area (Å²) in [6, 6.07) is 18.8. The zero-order valence-corrected chi connectivity index (χ0v) is 22.0. The standard InChI is InChI=1S/C30H30F2N2O4/c1-18(19-9-14-24(31)25(32)15-19)17-34(21-10-12-23(37-5)13-11-21)22-8-6-7-20(16-22)33-26-27(35)28(36)29(26)38-30(2,3)4/h6-16,18,33H,17H2,1-5H3. The molecule has 0 heterocycles. The van der Waals surface area contributed by atoms with E-state index in [4.69, 9.17) is 9.47 Å². The summed E-state index contributed by atoms with van der Waals surface area (Å²) >= 11 is 0. The van der Waals surface area contributed by atoms with Gasteiger partial charge in [0.15, 0.2) is 17.4 Å². The third-order valence-electron chi connectivity index (χ3n) is 6.06. The molecule has 1 unspecified atom stereocenters. The number of methoxy groups -OCH3 is 1. The minimum atomic E-state index is -0.891. The highest BCUT2D eigenvalue weighted by molar-refractivity contribution is 5.74. The zero-order valence-electron chi connectivity index (χ0n) is 22.0. The molecule has 0 bridgehead atoms. The van der Waals surface area contributed by atoms with E-state index in [2.05, 4.69) is 5.32 Å². The smallest absolute Gasteiger partial charge is 0.272 e. The maximum absolute atomic E-state index is 13.9. The topological polar surface area (TPSA) is 67.9 Å². The van der Waals surface area contributed by atoms with Gasteiger partial charge in [0.25, 0.3) is 10.9 Å². The van der Waals surface area contributed by atoms with Crippen LogP contribution in [0.2, 0.25) is 0 Å². The van der Waals surface area contributed by atoms with Crippen molar-refractivity contribution in [1.82, 2.24) is 0 Å². The largest absolute Gasteiger partial charge is 0.497 e. The third-order valence-corrected chi connectivity index (χ3v) is 6.06. The Morgan fingerprint density at radius 3 is 2.24 bits per heavy atom. The minimum absolute atomic E-state index is 0.0203. The molecule has 0 aliphatic carbocycles. The summed E-state index contributed by atoms with van der Waals surface area (Å²) in [5, 5.41) is 3.04. The number of nitrogens with zero attached hydrogens (tertiary/aromatic N) is 1. The summed E-state index contributed by atoms with van der Waals surface area (Å²) in [5.74, 6) is -1.22. The molecular weight excluding hydrogens is 490 g/mol. The summed E-state index contributed by atoms with van der Waals surface area (Å²) in [5.41, 5.74) is 1.08. The first-order valence-corrected chi connectivity index (χ1v) is 12.2. The second-order valence-electron chi connectivity index (χ2n) is 10.1. The Labute approximate surface area is 220 Å². The number of hydrogen-bond donors (Lipinski definition) is 1. The van der Waals surface area contributed by atoms with Crippen LogP contribution in [0.1, 0.15) is 39.2 Å². The fourth-order valence-corrected chi connectivity index (χ4v) is 4.10. The molecule has 1 atom stereocenters. The van der Waals surface area contributed by atoms with Crippen LogP contribution in [0.15, 0.2) is 76.3 Å². The maximum atomic E-state index is 13.9. The van der Waals surface area contributed by atoms with E-state index >= 15 is 0 Å². The van der Waals surface area contributed by atoms with Crippen LogP contribution in [0.4, 0.5) is 31.5 Å². The molecule has 0 aliphatic rings. The molecule has 0 saturated heterocycles. The minimum Gasteiger partial charge on any atom is -0.497 e. The van der Waals surface area contributed by atoms with Crippen LogP contribution in [0.3, 0.4) is 0 Å². The van der Waals surface area contributed by atoms with Gasteiger partial charge in [-0.05, 0) is 86.8 Å². The molecule has 6 nitrogen and oxygen atoms in total. The molecule has 0 aromatic heterocycles. The van der Waals surface area contributed by atoms with Gasteiger partial charge in [-0.15, -0.1) is 0 Å². The maximum Gasteiger partial charge on any atom is 0.272 e. The van der Waals surface area contributed by atoms with E-state index in [0.29, 0.717) is 23.5 Å². The molecule has 0 aliphatic heterocycles. The van der Waals surface area contributed by atoms with E-state index in [0.717, 1.165) is 17.4 Å². The van der Waals surface area contributed by atoms with Crippen molar-refractivity contribution in [2.75, 3.05) is 23.9 Å². The summed E-state index contributed by atoms with van der Waals surface area (Å²) < 4.78 is 38.4. The van der Waals surface area contributed by atoms with Crippen LogP contribution >= 0.6 is 0 Å². The normalized spacial score (nSPS) is 12.3. The van der Waals surface area contributed by atoms with Crippen LogP contribution in [0.25, 0.3) is 0 Å². The van der Waals surface area contributed by atoms with Gasteiger partial charge in [-0.3, -0.25) is 9.59 Å². The Morgan fingerprint density at radius 2 is 1.61 bits per heavy atom. The van der Waals surface area contributed by atoms with Gasteiger partial charge in [0, 0.05) is 23.6 Å².